The van der Waals surface area contributed by atoms with Crippen molar-refractivity contribution in [2.75, 3.05) is 54.0 Å². The van der Waals surface area contributed by atoms with Gasteiger partial charge in [-0.25, -0.2) is 0 Å². The van der Waals surface area contributed by atoms with Gasteiger partial charge in [0, 0.05) is 144 Å². The molecular formula is C123H150N8O4. The lowest BCUT2D eigenvalue weighted by molar-refractivity contribution is -0.117. The number of carbonyl (C=O) groups excluding carboxylic acids is 4. The van der Waals surface area contributed by atoms with E-state index in [4.69, 9.17) is 22.9 Å². The summed E-state index contributed by atoms with van der Waals surface area (Å²) < 4.78 is 0. The molecule has 6 aliphatic rings. The van der Waals surface area contributed by atoms with Crippen LogP contribution < -0.4 is 27.8 Å². The van der Waals surface area contributed by atoms with Crippen LogP contribution in [0.25, 0.3) is 27.8 Å². The van der Waals surface area contributed by atoms with Crippen LogP contribution in [-0.4, -0.2) is 80.6 Å². The molecule has 8 N–H and O–H groups in total. The standard InChI is InChI=1S/C25H32N2O.C20H30N2O.2C19H28N2O.C14H10.C13H10.C13H12/c1-24(2,3)19-8-12-21(13-9-19)27-15-14-25(4,5)22(17-27)23(28)16-18-6-10-20(26)11-7-18;1-14-7-8-16(21)11-15(14)12-18(23)17-13-22(19(2,3)4)10-9-20(17,5)6;1-18(2,3)21-11-10-19(4,5)16(13-21)17(22)12-14-6-8-15(20)9-7-14;1-18(2,3)21-10-9-19(4,5)16(13-21)17(22)12-14-7-6-8-15(20)11-14;1-10-11-6-2-4-8-13(11)14-9-5-3-7-12(10)14;1-3-7-12-10(5-1)9-11-6-2-4-8-13(11)12;1-3-7-12(8-4-1)11-13-9-5-2-6-10-13/h6-13,17H,14-16,26H2,1-5H3;7-8,11,13H,9-10,12,21H2,1-6H3;6-9,13H,10-12,20H2,1-5H3;6-8,11,13H,9-10,12,20H2,1-5H3;2-9H,1H2;1-8H,9H2;1-10H,11H2. The van der Waals surface area contributed by atoms with Crippen LogP contribution in [0.4, 0.5) is 28.4 Å². The number of nitrogens with zero attached hydrogens (tertiary/aromatic N) is 4. The molecule has 0 fully saturated rings. The van der Waals surface area contributed by atoms with Gasteiger partial charge in [0.1, 0.15) is 0 Å². The Labute approximate surface area is 808 Å². The minimum absolute atomic E-state index is 0.0368. The third-order valence-electron chi connectivity index (χ3n) is 27.1. The van der Waals surface area contributed by atoms with Gasteiger partial charge in [-0.15, -0.1) is 0 Å². The van der Waals surface area contributed by atoms with Crippen LogP contribution in [-0.2, 0) is 63.1 Å². The summed E-state index contributed by atoms with van der Waals surface area (Å²) in [5.74, 6) is 0.803. The molecule has 4 aliphatic heterocycles. The summed E-state index contributed by atoms with van der Waals surface area (Å²) >= 11 is 0. The third-order valence-corrected chi connectivity index (χ3v) is 27.1. The Morgan fingerprint density at radius 1 is 0.319 bits per heavy atom. The molecule has 11 aromatic rings. The minimum Gasteiger partial charge on any atom is -0.399 e. The first-order valence-electron chi connectivity index (χ1n) is 48.2. The summed E-state index contributed by atoms with van der Waals surface area (Å²) in [6.07, 6.45) is 16.1. The molecule has 4 heterocycles. The predicted octanol–water partition coefficient (Wildman–Crippen LogP) is 27.5. The van der Waals surface area contributed by atoms with Gasteiger partial charge < -0.3 is 42.5 Å². The Hall–Kier alpha value is -12.8. The van der Waals surface area contributed by atoms with E-state index in [1.807, 2.05) is 97.9 Å². The van der Waals surface area contributed by atoms with Crippen LogP contribution in [0, 0.1) is 28.6 Å². The highest BCUT2D eigenvalue weighted by atomic mass is 16.1. The van der Waals surface area contributed by atoms with Gasteiger partial charge >= 0.3 is 0 Å². The zero-order chi connectivity index (χ0) is 98.2. The molecule has 17 rings (SSSR count). The van der Waals surface area contributed by atoms with Gasteiger partial charge in [-0.3, -0.25) is 19.2 Å². The van der Waals surface area contributed by atoms with Crippen molar-refractivity contribution in [3.05, 3.63) is 393 Å². The molecule has 706 valence electrons. The number of ketones is 4. The van der Waals surface area contributed by atoms with Crippen molar-refractivity contribution in [3.8, 4) is 22.3 Å². The summed E-state index contributed by atoms with van der Waals surface area (Å²) in [5.41, 5.74) is 52.1. The van der Waals surface area contributed by atoms with Crippen LogP contribution in [0.3, 0.4) is 0 Å². The van der Waals surface area contributed by atoms with Crippen molar-refractivity contribution in [2.24, 2.45) is 21.7 Å². The van der Waals surface area contributed by atoms with Crippen molar-refractivity contribution in [1.82, 2.24) is 14.7 Å². The molecule has 12 nitrogen and oxygen atoms in total. The zero-order valence-electron chi connectivity index (χ0n) is 84.6. The molecule has 0 bridgehead atoms. The summed E-state index contributed by atoms with van der Waals surface area (Å²) in [4.78, 5) is 60.8. The van der Waals surface area contributed by atoms with Crippen LogP contribution in [0.5, 0.6) is 0 Å². The highest BCUT2D eigenvalue weighted by molar-refractivity contribution is 6.02. The molecule has 11 aromatic carbocycles. The lowest BCUT2D eigenvalue weighted by Gasteiger charge is -2.43. The molecule has 0 atom stereocenters. The van der Waals surface area contributed by atoms with Crippen molar-refractivity contribution in [3.63, 3.8) is 0 Å². The molecule has 0 radical (unpaired) electrons. The maximum Gasteiger partial charge on any atom is 0.165 e. The van der Waals surface area contributed by atoms with Gasteiger partial charge in [0.05, 0.1) is 0 Å². The molecule has 12 heteroatoms. The van der Waals surface area contributed by atoms with E-state index in [0.717, 1.165) is 137 Å². The first kappa shape index (κ1) is 103. The number of nitrogens with two attached hydrogens (primary N) is 4. The second-order valence-corrected chi connectivity index (χ2v) is 43.8. The van der Waals surface area contributed by atoms with Crippen LogP contribution in [0.15, 0.2) is 327 Å². The lowest BCUT2D eigenvalue weighted by Crippen LogP contribution is -2.44. The monoisotopic (exact) mass is 1800 g/mol. The Balaban J connectivity index is 0.000000154. The van der Waals surface area contributed by atoms with Crippen molar-refractivity contribution < 1.29 is 19.2 Å². The molecule has 0 aromatic heterocycles. The normalized spacial score (nSPS) is 15.8. The number of Topliss-reactive ketones (excluding diaryl/α,β-unsaturated/α-hetero) is 4. The van der Waals surface area contributed by atoms with Crippen LogP contribution in [0.2, 0.25) is 0 Å². The number of carbonyl (C=O) groups is 4. The highest BCUT2D eigenvalue weighted by Gasteiger charge is 2.40. The zero-order valence-corrected chi connectivity index (χ0v) is 84.6. The molecule has 0 saturated carbocycles. The number of hydrogen-bond donors (Lipinski definition) is 4. The average molecular weight is 1800 g/mol. The van der Waals surface area contributed by atoms with Gasteiger partial charge in [0.25, 0.3) is 0 Å². The van der Waals surface area contributed by atoms with E-state index in [1.165, 1.54) is 61.2 Å². The minimum atomic E-state index is -0.118. The number of allylic oxidation sites excluding steroid dienone is 4. The molecule has 0 saturated heterocycles. The molecule has 0 unspecified atom stereocenters. The van der Waals surface area contributed by atoms with E-state index in [1.54, 1.807) is 0 Å². The Morgan fingerprint density at radius 3 is 1.03 bits per heavy atom. The number of nitrogen functional groups attached to an aromatic ring is 4. The Morgan fingerprint density at radius 2 is 0.644 bits per heavy atom. The number of benzene rings is 11. The quantitative estimate of drug-likeness (QED) is 0.0713. The van der Waals surface area contributed by atoms with E-state index in [2.05, 4.69) is 371 Å². The molecule has 2 aliphatic carbocycles. The van der Waals surface area contributed by atoms with E-state index in [9.17, 15) is 19.2 Å². The fraction of sp³-hybridized carbons (Fsp3) is 0.350. The summed E-state index contributed by atoms with van der Waals surface area (Å²) in [6.45, 7) is 53.7. The molecule has 0 amide bonds. The van der Waals surface area contributed by atoms with Crippen LogP contribution >= 0.6 is 0 Å². The van der Waals surface area contributed by atoms with Crippen LogP contribution in [0.1, 0.15) is 231 Å². The first-order chi connectivity index (χ1) is 63.5. The van der Waals surface area contributed by atoms with Crippen molar-refractivity contribution in [1.29, 1.82) is 0 Å². The van der Waals surface area contributed by atoms with E-state index in [-0.39, 0.29) is 66.8 Å². The van der Waals surface area contributed by atoms with Gasteiger partial charge in [0.2, 0.25) is 0 Å². The summed E-state index contributed by atoms with van der Waals surface area (Å²) in [6, 6.07) is 92.5. The highest BCUT2D eigenvalue weighted by Crippen LogP contribution is 2.46. The molecule has 135 heavy (non-hydrogen) atoms. The number of hydrogen-bond acceptors (Lipinski definition) is 12. The maximum atomic E-state index is 13.1. The molecule has 0 spiro atoms. The topological polar surface area (TPSA) is 185 Å². The van der Waals surface area contributed by atoms with E-state index in [0.29, 0.717) is 37.1 Å². The SMILES string of the molecule is C=C1c2ccccc2-c2ccccc21.CC1(C)CCN(C(C)(C)C)C=C1C(=O)Cc1ccc(N)cc1.CC1(C)CCN(C(C)(C)C)C=C1C(=O)Cc1cccc(N)c1.CC1(C)CCN(c2ccc(C(C)(C)C)cc2)C=C1C(=O)Cc1ccc(N)cc1.Cc1ccc(N)cc1CC(=O)C1=CN(C(C)(C)C)CCC1(C)C.c1ccc(Cc2ccccc2)cc1.c1ccc2c(c1)Cc1ccccc1-2. The summed E-state index contributed by atoms with van der Waals surface area (Å²) in [5, 5.41) is 0. The first-order valence-corrected chi connectivity index (χ1v) is 48.2. The van der Waals surface area contributed by atoms with E-state index >= 15 is 0 Å². The Kier molecular flexibility index (Phi) is 33.2. The maximum absolute atomic E-state index is 13.1. The number of rotatable bonds is 15. The third kappa shape index (κ3) is 28.0. The number of aryl methyl sites for hydroxylation is 1. The largest absolute Gasteiger partial charge is 0.399 e. The second kappa shape index (κ2) is 43.7. The predicted molar refractivity (Wildman–Crippen MR) is 571 cm³/mol. The fourth-order valence-corrected chi connectivity index (χ4v) is 18.0. The average Bonchev–Trinajstić information content (AvgIpc) is 1.72. The smallest absolute Gasteiger partial charge is 0.165 e. The second-order valence-electron chi connectivity index (χ2n) is 43.8. The fourth-order valence-electron chi connectivity index (χ4n) is 18.0. The number of anilines is 5. The van der Waals surface area contributed by atoms with Crippen molar-refractivity contribution in [2.45, 2.75) is 232 Å². The molecular weight excluding hydrogens is 1650 g/mol. The lowest BCUT2D eigenvalue weighted by atomic mass is 9.75. The van der Waals surface area contributed by atoms with Gasteiger partial charge in [-0.1, -0.05) is 295 Å². The van der Waals surface area contributed by atoms with Gasteiger partial charge in [-0.2, -0.15) is 0 Å². The number of fused-ring (bicyclic) bond motifs is 6. The summed E-state index contributed by atoms with van der Waals surface area (Å²) in [7, 11) is 0. The van der Waals surface area contributed by atoms with Crippen molar-refractivity contribution >= 4 is 57.1 Å². The van der Waals surface area contributed by atoms with E-state index < -0.39 is 0 Å². The van der Waals surface area contributed by atoms with Gasteiger partial charge in [0.15, 0.2) is 23.1 Å². The van der Waals surface area contributed by atoms with Gasteiger partial charge in [-0.05, 0) is 290 Å². The Bertz CT molecular complexity index is 5950.